The molecule has 4 N–H and O–H groups in total. The number of amides is 4. The molecule has 2 aliphatic heterocycles. The van der Waals surface area contributed by atoms with Crippen molar-refractivity contribution in [2.75, 3.05) is 13.1 Å². The van der Waals surface area contributed by atoms with Gasteiger partial charge in [-0.3, -0.25) is 19.1 Å². The standard InChI is InChI=1S/C53H74N6O7S/c1-4-24-54-37-26-34-25-35(34)27-38(29-37)64-46-40-17-12-13-19-42(40)55-48-41(46)18-11-7-10-16-33-28-44(33)66-51(63)56-45(32-14-8-6-9-15-32)49(61)59-31-39(65-48)30-43(59)47(60)57-53(21-20-36(53)5-2)50(62)58-67-52(3)22-23-52/h5,12-13,17,19,32-39,43-45,54H,2,4,6-11,14-16,18,20-31H2,1,3H3,(H,56,63)(H,57,60)(H,58,62). The zero-order chi connectivity index (χ0) is 46.3. The normalized spacial score (nSPS) is 35.0. The van der Waals surface area contributed by atoms with Crippen LogP contribution in [0.15, 0.2) is 36.9 Å². The van der Waals surface area contributed by atoms with Gasteiger partial charge < -0.3 is 35.1 Å². The van der Waals surface area contributed by atoms with E-state index in [0.29, 0.717) is 43.0 Å². The van der Waals surface area contributed by atoms with Crippen molar-refractivity contribution in [3.8, 4) is 11.6 Å². The Balaban J connectivity index is 0.995. The first-order chi connectivity index (χ1) is 32.5. The van der Waals surface area contributed by atoms with Crippen LogP contribution in [0.2, 0.25) is 0 Å². The van der Waals surface area contributed by atoms with Crippen molar-refractivity contribution in [3.05, 3.63) is 42.5 Å². The van der Waals surface area contributed by atoms with E-state index in [4.69, 9.17) is 19.2 Å². The molecule has 7 fully saturated rings. The number of rotatable bonds is 12. The van der Waals surface area contributed by atoms with Crippen molar-refractivity contribution in [3.63, 3.8) is 0 Å². The molecular formula is C53H74N6O7S. The number of hydrogen-bond donors (Lipinski definition) is 4. The maximum absolute atomic E-state index is 15.3. The van der Waals surface area contributed by atoms with Crippen LogP contribution in [0.1, 0.15) is 148 Å². The summed E-state index contributed by atoms with van der Waals surface area (Å²) < 4.78 is 23.5. The predicted molar refractivity (Wildman–Crippen MR) is 259 cm³/mol. The first-order valence-electron chi connectivity index (χ1n) is 26.2. The van der Waals surface area contributed by atoms with Crippen molar-refractivity contribution in [1.29, 1.82) is 0 Å². The predicted octanol–water partition coefficient (Wildman–Crippen LogP) is 8.47. The minimum atomic E-state index is -1.19. The summed E-state index contributed by atoms with van der Waals surface area (Å²) in [6.07, 6.45) is 19.4. The van der Waals surface area contributed by atoms with Crippen molar-refractivity contribution in [2.24, 2.45) is 29.6 Å². The highest BCUT2D eigenvalue weighted by Crippen LogP contribution is 2.50. The van der Waals surface area contributed by atoms with E-state index in [0.717, 1.165) is 131 Å². The number of carbonyl (C=O) groups excluding carboxylic acids is 4. The third-order valence-electron chi connectivity index (χ3n) is 16.9. The summed E-state index contributed by atoms with van der Waals surface area (Å²) in [5.74, 6) is 1.76. The summed E-state index contributed by atoms with van der Waals surface area (Å²) in [4.78, 5) is 65.0. The Hall–Kier alpha value is -4.04. The van der Waals surface area contributed by atoms with E-state index in [9.17, 15) is 9.59 Å². The fourth-order valence-electron chi connectivity index (χ4n) is 12.2. The Bertz CT molecular complexity index is 2180. The highest BCUT2D eigenvalue weighted by atomic mass is 32.2. The molecular weight excluding hydrogens is 865 g/mol. The average Bonchev–Trinajstić information content (AvgIpc) is 4.28. The van der Waals surface area contributed by atoms with Gasteiger partial charge in [-0.2, -0.15) is 0 Å². The number of aromatic nitrogens is 1. The average molecular weight is 939 g/mol. The number of carbonyl (C=O) groups is 4. The van der Waals surface area contributed by atoms with E-state index >= 15 is 9.59 Å². The molecule has 6 aliphatic carbocycles. The molecule has 10 rings (SSSR count). The molecule has 364 valence electrons. The summed E-state index contributed by atoms with van der Waals surface area (Å²) in [6, 6.07) is 6.75. The van der Waals surface area contributed by atoms with E-state index in [2.05, 4.69) is 53.2 Å². The third-order valence-corrected chi connectivity index (χ3v) is 18.1. The first-order valence-corrected chi connectivity index (χ1v) is 27.0. The molecule has 2 aromatic rings. The van der Waals surface area contributed by atoms with Crippen molar-refractivity contribution < 1.29 is 33.4 Å². The lowest BCUT2D eigenvalue weighted by Gasteiger charge is -2.47. The van der Waals surface area contributed by atoms with Crippen LogP contribution in [-0.4, -0.2) is 93.5 Å². The Kier molecular flexibility index (Phi) is 13.8. The summed E-state index contributed by atoms with van der Waals surface area (Å²) in [5, 5.41) is 11.1. The molecule has 0 radical (unpaired) electrons. The van der Waals surface area contributed by atoms with E-state index in [1.54, 1.807) is 11.0 Å². The topological polar surface area (TPSA) is 160 Å². The molecule has 1 saturated heterocycles. The quantitative estimate of drug-likeness (QED) is 0.120. The summed E-state index contributed by atoms with van der Waals surface area (Å²) in [7, 11) is 0. The fourth-order valence-corrected chi connectivity index (χ4v) is 13.0. The molecule has 2 bridgehead atoms. The number of ether oxygens (including phenoxy) is 3. The van der Waals surface area contributed by atoms with Crippen molar-refractivity contribution in [2.45, 2.75) is 195 Å². The van der Waals surface area contributed by atoms with Gasteiger partial charge in [-0.1, -0.05) is 57.2 Å². The maximum Gasteiger partial charge on any atom is 0.408 e. The molecule has 11 atom stereocenters. The largest absolute Gasteiger partial charge is 0.489 e. The number of benzene rings is 1. The number of alkyl carbamates (subject to hydrolysis) is 1. The van der Waals surface area contributed by atoms with E-state index in [1.807, 2.05) is 12.1 Å². The number of fused-ring (bicyclic) bond motifs is 6. The lowest BCUT2D eigenvalue weighted by Crippen LogP contribution is -2.69. The maximum atomic E-state index is 15.3. The SMILES string of the molecule is C=CC1CCC1(NC(=O)C1CC2CN1C(=O)C(C1CCCCC1)NC(=O)OC1CC1CCCCCc1c(nc3ccccc3c1OC1CC(NCCC)CC3CC3C1)O2)C(=O)NSC1(C)CC1. The van der Waals surface area contributed by atoms with Gasteiger partial charge in [0.2, 0.25) is 17.7 Å². The second-order valence-electron chi connectivity index (χ2n) is 22.0. The number of nitrogens with zero attached hydrogens (tertiary/aromatic N) is 2. The number of hydrogen-bond acceptors (Lipinski definition) is 10. The third kappa shape index (κ3) is 10.3. The summed E-state index contributed by atoms with van der Waals surface area (Å²) in [5.41, 5.74) is 0.537. The van der Waals surface area contributed by atoms with Gasteiger partial charge in [-0.15, -0.1) is 6.58 Å². The summed E-state index contributed by atoms with van der Waals surface area (Å²) in [6.45, 7) is 9.51. The van der Waals surface area contributed by atoms with Crippen LogP contribution in [0, 0.1) is 29.6 Å². The van der Waals surface area contributed by atoms with E-state index in [1.165, 1.54) is 24.8 Å². The smallest absolute Gasteiger partial charge is 0.408 e. The second-order valence-corrected chi connectivity index (χ2v) is 23.4. The highest BCUT2D eigenvalue weighted by Gasteiger charge is 2.56. The molecule has 4 amide bonds. The lowest BCUT2D eigenvalue weighted by atomic mass is 9.66. The molecule has 14 heteroatoms. The molecule has 67 heavy (non-hydrogen) atoms. The van der Waals surface area contributed by atoms with Gasteiger partial charge in [0.1, 0.15) is 41.7 Å². The zero-order valence-corrected chi connectivity index (χ0v) is 40.7. The van der Waals surface area contributed by atoms with Gasteiger partial charge in [0.25, 0.3) is 5.91 Å². The second kappa shape index (κ2) is 19.8. The van der Waals surface area contributed by atoms with Crippen LogP contribution in [0.5, 0.6) is 11.6 Å². The fraction of sp³-hybridized carbons (Fsp3) is 0.717. The summed E-state index contributed by atoms with van der Waals surface area (Å²) >= 11 is 1.43. The van der Waals surface area contributed by atoms with Crippen LogP contribution in [0.4, 0.5) is 4.79 Å². The number of nitrogens with one attached hydrogen (secondary N) is 4. The monoisotopic (exact) mass is 939 g/mol. The molecule has 3 heterocycles. The minimum absolute atomic E-state index is 0.00122. The van der Waals surface area contributed by atoms with Crippen LogP contribution in [0.3, 0.4) is 0 Å². The van der Waals surface area contributed by atoms with Crippen LogP contribution >= 0.6 is 11.9 Å². The van der Waals surface area contributed by atoms with Gasteiger partial charge in [0.05, 0.1) is 17.6 Å². The van der Waals surface area contributed by atoms with Crippen LogP contribution < -0.4 is 30.1 Å². The van der Waals surface area contributed by atoms with E-state index < -0.39 is 35.7 Å². The first kappa shape index (κ1) is 46.7. The Morgan fingerprint density at radius 1 is 0.925 bits per heavy atom. The van der Waals surface area contributed by atoms with E-state index in [-0.39, 0.29) is 53.6 Å². The van der Waals surface area contributed by atoms with Gasteiger partial charge in [0.15, 0.2) is 0 Å². The number of para-hydroxylation sites is 1. The van der Waals surface area contributed by atoms with Crippen LogP contribution in [-0.2, 0) is 25.5 Å². The lowest BCUT2D eigenvalue weighted by molar-refractivity contribution is -0.145. The van der Waals surface area contributed by atoms with Gasteiger partial charge >= 0.3 is 6.09 Å². The molecule has 0 spiro atoms. The highest BCUT2D eigenvalue weighted by molar-refractivity contribution is 7.99. The van der Waals surface area contributed by atoms with Crippen LogP contribution in [0.25, 0.3) is 10.9 Å². The molecule has 11 unspecified atom stereocenters. The molecule has 13 nitrogen and oxygen atoms in total. The molecule has 8 aliphatic rings. The Morgan fingerprint density at radius 2 is 1.70 bits per heavy atom. The van der Waals surface area contributed by atoms with Gasteiger partial charge in [0, 0.05) is 28.5 Å². The Morgan fingerprint density at radius 3 is 2.46 bits per heavy atom. The van der Waals surface area contributed by atoms with Gasteiger partial charge in [-0.05, 0) is 158 Å². The molecule has 1 aromatic carbocycles. The van der Waals surface area contributed by atoms with Crippen molar-refractivity contribution in [1.82, 2.24) is 30.6 Å². The Labute approximate surface area is 401 Å². The van der Waals surface area contributed by atoms with Gasteiger partial charge in [-0.25, -0.2) is 9.78 Å². The van der Waals surface area contributed by atoms with Crippen molar-refractivity contribution >= 4 is 46.7 Å². The zero-order valence-electron chi connectivity index (χ0n) is 39.9. The number of pyridine rings is 1. The molecule has 6 saturated carbocycles. The molecule has 1 aromatic heterocycles. The minimum Gasteiger partial charge on any atom is -0.489 e.